The van der Waals surface area contributed by atoms with Crippen molar-refractivity contribution in [2.45, 2.75) is 37.4 Å². The van der Waals surface area contributed by atoms with E-state index < -0.39 is 0 Å². The second-order valence-electron chi connectivity index (χ2n) is 5.69. The van der Waals surface area contributed by atoms with E-state index in [2.05, 4.69) is 21.0 Å². The van der Waals surface area contributed by atoms with Gasteiger partial charge in [-0.2, -0.15) is 0 Å². The van der Waals surface area contributed by atoms with Crippen LogP contribution in [0.1, 0.15) is 32.1 Å². The third kappa shape index (κ3) is 8.24. The molecule has 0 aromatic carbocycles. The third-order valence-corrected chi connectivity index (χ3v) is 7.20. The molecule has 2 aliphatic rings. The van der Waals surface area contributed by atoms with Crippen LogP contribution in [0.5, 0.6) is 0 Å². The number of morpholine rings is 1. The van der Waals surface area contributed by atoms with Crippen molar-refractivity contribution >= 4 is 39.0 Å². The molecule has 0 aliphatic carbocycles. The van der Waals surface area contributed by atoms with Crippen LogP contribution < -0.4 is 5.32 Å². The first-order valence-electron chi connectivity index (χ1n) is 8.33. The molecule has 2 fully saturated rings. The monoisotopic (exact) mass is 364 g/mol. The zero-order chi connectivity index (χ0) is 15.5. The molecule has 0 spiro atoms. The number of hydrogen-bond donors (Lipinski definition) is 1. The van der Waals surface area contributed by atoms with Crippen molar-refractivity contribution in [2.24, 2.45) is 0 Å². The standard InChI is InChI=1S/C15H28N2O2S3/c20-15(16-6-7-17-8-11-18-12-9-17)19-10-3-1-2-4-14-5-13-21-22-14/h14H,1-13H2,(H,16,20)/t14-/m0/s1. The Morgan fingerprint density at radius 1 is 1.27 bits per heavy atom. The maximum absolute atomic E-state index is 5.57. The smallest absolute Gasteiger partial charge is 0.256 e. The van der Waals surface area contributed by atoms with E-state index in [-0.39, 0.29) is 0 Å². The summed E-state index contributed by atoms with van der Waals surface area (Å²) in [5, 5.41) is 4.64. The lowest BCUT2D eigenvalue weighted by atomic mass is 10.1. The molecule has 128 valence electrons. The number of hydrogen-bond acceptors (Lipinski definition) is 6. The van der Waals surface area contributed by atoms with E-state index in [1.54, 1.807) is 0 Å². The van der Waals surface area contributed by atoms with Crippen LogP contribution in [0.3, 0.4) is 0 Å². The predicted molar refractivity (Wildman–Crippen MR) is 101 cm³/mol. The molecule has 0 unspecified atom stereocenters. The summed E-state index contributed by atoms with van der Waals surface area (Å²) in [6.45, 7) is 6.34. The molecule has 0 aromatic rings. The number of nitrogens with zero attached hydrogens (tertiary/aromatic N) is 1. The Morgan fingerprint density at radius 2 is 2.14 bits per heavy atom. The molecule has 7 heteroatoms. The zero-order valence-electron chi connectivity index (χ0n) is 13.3. The van der Waals surface area contributed by atoms with Gasteiger partial charge in [-0.3, -0.25) is 4.90 Å². The van der Waals surface area contributed by atoms with Gasteiger partial charge in [0.05, 0.1) is 19.8 Å². The highest BCUT2D eigenvalue weighted by atomic mass is 33.1. The van der Waals surface area contributed by atoms with E-state index in [4.69, 9.17) is 21.7 Å². The van der Waals surface area contributed by atoms with Gasteiger partial charge in [-0.05, 0) is 31.5 Å². The van der Waals surface area contributed by atoms with E-state index in [0.29, 0.717) is 5.17 Å². The summed E-state index contributed by atoms with van der Waals surface area (Å²) in [6, 6.07) is 0. The van der Waals surface area contributed by atoms with Crippen molar-refractivity contribution in [2.75, 3.05) is 51.8 Å². The van der Waals surface area contributed by atoms with Gasteiger partial charge in [0.25, 0.3) is 5.17 Å². The Labute approximate surface area is 147 Å². The lowest BCUT2D eigenvalue weighted by Crippen LogP contribution is -2.41. The molecule has 2 heterocycles. The van der Waals surface area contributed by atoms with Gasteiger partial charge in [0.15, 0.2) is 0 Å². The summed E-state index contributed by atoms with van der Waals surface area (Å²) in [4.78, 5) is 2.39. The zero-order valence-corrected chi connectivity index (χ0v) is 15.7. The summed E-state index contributed by atoms with van der Waals surface area (Å²) >= 11 is 5.20. The van der Waals surface area contributed by atoms with Crippen LogP contribution in [0.2, 0.25) is 0 Å². The Hall–Kier alpha value is 0.310. The fourth-order valence-corrected chi connectivity index (χ4v) is 5.79. The molecule has 1 atom stereocenters. The average Bonchev–Trinajstić information content (AvgIpc) is 3.05. The Bertz CT molecular complexity index is 309. The van der Waals surface area contributed by atoms with Crippen molar-refractivity contribution in [3.05, 3.63) is 0 Å². The number of nitrogens with one attached hydrogen (secondary N) is 1. The van der Waals surface area contributed by atoms with Gasteiger partial charge >= 0.3 is 0 Å². The maximum Gasteiger partial charge on any atom is 0.256 e. The van der Waals surface area contributed by atoms with Gasteiger partial charge in [-0.1, -0.05) is 34.4 Å². The van der Waals surface area contributed by atoms with Crippen LogP contribution in [-0.2, 0) is 9.47 Å². The van der Waals surface area contributed by atoms with Gasteiger partial charge in [-0.15, -0.1) is 0 Å². The fraction of sp³-hybridized carbons (Fsp3) is 0.933. The molecule has 0 aromatic heterocycles. The molecule has 2 aliphatic heterocycles. The topological polar surface area (TPSA) is 33.7 Å². The number of unbranched alkanes of at least 4 members (excludes halogenated alkanes) is 2. The molecule has 2 saturated heterocycles. The Balaban J connectivity index is 1.36. The van der Waals surface area contributed by atoms with Crippen molar-refractivity contribution in [1.29, 1.82) is 0 Å². The van der Waals surface area contributed by atoms with E-state index in [1.165, 1.54) is 31.4 Å². The molecule has 0 bridgehead atoms. The molecule has 0 saturated carbocycles. The summed E-state index contributed by atoms with van der Waals surface area (Å²) in [7, 11) is 4.10. The van der Waals surface area contributed by atoms with Crippen molar-refractivity contribution in [3.8, 4) is 0 Å². The fourth-order valence-electron chi connectivity index (χ4n) is 2.57. The van der Waals surface area contributed by atoms with Crippen molar-refractivity contribution in [1.82, 2.24) is 10.2 Å². The number of ether oxygens (including phenoxy) is 2. The van der Waals surface area contributed by atoms with Gasteiger partial charge in [0.1, 0.15) is 0 Å². The van der Waals surface area contributed by atoms with Crippen LogP contribution >= 0.6 is 33.8 Å². The van der Waals surface area contributed by atoms with Crippen molar-refractivity contribution in [3.63, 3.8) is 0 Å². The van der Waals surface area contributed by atoms with Crippen LogP contribution in [-0.4, -0.2) is 67.1 Å². The minimum Gasteiger partial charge on any atom is -0.471 e. The van der Waals surface area contributed by atoms with Gasteiger partial charge < -0.3 is 14.8 Å². The molecule has 2 rings (SSSR count). The average molecular weight is 365 g/mol. The van der Waals surface area contributed by atoms with Gasteiger partial charge in [-0.25, -0.2) is 0 Å². The number of thiocarbonyl (C=S) groups is 1. The van der Waals surface area contributed by atoms with Crippen LogP contribution in [0, 0.1) is 0 Å². The summed E-state index contributed by atoms with van der Waals surface area (Å²) < 4.78 is 10.9. The Kier molecular flexibility index (Phi) is 9.99. The largest absolute Gasteiger partial charge is 0.471 e. The molecule has 0 radical (unpaired) electrons. The van der Waals surface area contributed by atoms with Crippen LogP contribution in [0.15, 0.2) is 0 Å². The predicted octanol–water partition coefficient (Wildman–Crippen LogP) is 2.92. The molecule has 22 heavy (non-hydrogen) atoms. The normalized spacial score (nSPS) is 22.6. The van der Waals surface area contributed by atoms with Crippen LogP contribution in [0.4, 0.5) is 0 Å². The minimum absolute atomic E-state index is 0.552. The number of rotatable bonds is 9. The van der Waals surface area contributed by atoms with Gasteiger partial charge in [0, 0.05) is 37.2 Å². The van der Waals surface area contributed by atoms with E-state index >= 15 is 0 Å². The summed E-state index contributed by atoms with van der Waals surface area (Å²) in [6.07, 6.45) is 6.43. The van der Waals surface area contributed by atoms with Crippen LogP contribution in [0.25, 0.3) is 0 Å². The first-order chi connectivity index (χ1) is 10.8. The second-order valence-corrected chi connectivity index (χ2v) is 8.85. The second kappa shape index (κ2) is 11.8. The molecular weight excluding hydrogens is 336 g/mol. The van der Waals surface area contributed by atoms with Gasteiger partial charge in [0.2, 0.25) is 0 Å². The first kappa shape index (κ1) is 18.6. The quantitative estimate of drug-likeness (QED) is 0.383. The highest BCUT2D eigenvalue weighted by molar-refractivity contribution is 8.77. The summed E-state index contributed by atoms with van der Waals surface area (Å²) in [5.41, 5.74) is 0. The molecule has 0 amide bonds. The highest BCUT2D eigenvalue weighted by Crippen LogP contribution is 2.39. The molecule has 1 N–H and O–H groups in total. The highest BCUT2D eigenvalue weighted by Gasteiger charge is 2.15. The minimum atomic E-state index is 0.552. The van der Waals surface area contributed by atoms with Crippen molar-refractivity contribution < 1.29 is 9.47 Å². The SMILES string of the molecule is S=C(NCCN1CCOCC1)OCCCCC[C@H]1CCSS1. The lowest BCUT2D eigenvalue weighted by molar-refractivity contribution is 0.0388. The Morgan fingerprint density at radius 3 is 2.91 bits per heavy atom. The molecule has 4 nitrogen and oxygen atoms in total. The van der Waals surface area contributed by atoms with E-state index in [1.807, 2.05) is 10.8 Å². The van der Waals surface area contributed by atoms with E-state index in [9.17, 15) is 0 Å². The first-order valence-corrected chi connectivity index (χ1v) is 11.1. The third-order valence-electron chi connectivity index (χ3n) is 3.93. The van der Waals surface area contributed by atoms with E-state index in [0.717, 1.165) is 57.7 Å². The molecular formula is C15H28N2O2S3. The summed E-state index contributed by atoms with van der Waals surface area (Å²) in [5.74, 6) is 1.34. The maximum atomic E-state index is 5.57. The lowest BCUT2D eigenvalue weighted by Gasteiger charge is -2.26.